The van der Waals surface area contributed by atoms with Gasteiger partial charge in [0.1, 0.15) is 5.82 Å². The molecule has 0 aliphatic heterocycles. The fourth-order valence-corrected chi connectivity index (χ4v) is 1.73. The van der Waals surface area contributed by atoms with Gasteiger partial charge in [0.25, 0.3) is 5.91 Å². The Morgan fingerprint density at radius 3 is 2.63 bits per heavy atom. The summed E-state index contributed by atoms with van der Waals surface area (Å²) < 4.78 is 0. The van der Waals surface area contributed by atoms with E-state index in [0.29, 0.717) is 22.1 Å². The third kappa shape index (κ3) is 3.03. The first kappa shape index (κ1) is 13.4. The van der Waals surface area contributed by atoms with Crippen molar-refractivity contribution in [3.8, 4) is 0 Å². The number of aryl methyl sites for hydroxylation is 2. The summed E-state index contributed by atoms with van der Waals surface area (Å²) in [5.74, 6) is 0.251. The summed E-state index contributed by atoms with van der Waals surface area (Å²) in [5.41, 5.74) is 8.54. The lowest BCUT2D eigenvalue weighted by atomic mass is 10.1. The van der Waals surface area contributed by atoms with Crippen molar-refractivity contribution in [3.05, 3.63) is 52.2 Å². The summed E-state index contributed by atoms with van der Waals surface area (Å²) in [6, 6.07) is 6.85. The smallest absolute Gasteiger partial charge is 0.256 e. The van der Waals surface area contributed by atoms with Crippen molar-refractivity contribution in [2.24, 2.45) is 0 Å². The molecule has 98 valence electrons. The van der Waals surface area contributed by atoms with Gasteiger partial charge in [-0.15, -0.1) is 0 Å². The van der Waals surface area contributed by atoms with Gasteiger partial charge in [-0.25, -0.2) is 4.98 Å². The van der Waals surface area contributed by atoms with Gasteiger partial charge in [-0.2, -0.15) is 0 Å². The Kier molecular flexibility index (Phi) is 3.71. The molecule has 1 aromatic carbocycles. The molecule has 0 unspecified atom stereocenters. The van der Waals surface area contributed by atoms with Crippen molar-refractivity contribution in [2.75, 3.05) is 11.1 Å². The normalized spacial score (nSPS) is 10.3. The number of hydrogen-bond donors (Lipinski definition) is 2. The van der Waals surface area contributed by atoms with Crippen LogP contribution in [-0.4, -0.2) is 10.9 Å². The molecule has 0 atom stereocenters. The Labute approximate surface area is 116 Å². The molecule has 0 saturated carbocycles. The lowest BCUT2D eigenvalue weighted by Gasteiger charge is -2.07. The summed E-state index contributed by atoms with van der Waals surface area (Å²) in [6.45, 7) is 3.71. The molecule has 19 heavy (non-hydrogen) atoms. The molecule has 1 amide bonds. The molecule has 2 rings (SSSR count). The lowest BCUT2D eigenvalue weighted by Crippen LogP contribution is -2.13. The number of carbonyl (C=O) groups is 1. The van der Waals surface area contributed by atoms with Crippen molar-refractivity contribution in [1.82, 2.24) is 4.98 Å². The average molecular weight is 276 g/mol. The second-order valence-corrected chi connectivity index (χ2v) is 4.75. The standard InChI is InChI=1S/C14H14ClN3O/c1-8-5-10(3-4-11(8)15)14(19)18-13-6-9(2)12(16)7-17-13/h3-7H,16H2,1-2H3,(H,17,18,19). The number of halogens is 1. The Hall–Kier alpha value is -2.07. The predicted octanol–water partition coefficient (Wildman–Crippen LogP) is 3.19. The van der Waals surface area contributed by atoms with Gasteiger partial charge in [0.2, 0.25) is 0 Å². The number of rotatable bonds is 2. The van der Waals surface area contributed by atoms with E-state index in [1.165, 1.54) is 6.20 Å². The Balaban J connectivity index is 2.20. The number of pyridine rings is 1. The molecule has 1 heterocycles. The van der Waals surface area contributed by atoms with Crippen molar-refractivity contribution >= 4 is 29.0 Å². The van der Waals surface area contributed by atoms with Crippen LogP contribution < -0.4 is 11.1 Å². The van der Waals surface area contributed by atoms with Crippen molar-refractivity contribution in [2.45, 2.75) is 13.8 Å². The molecule has 0 bridgehead atoms. The first-order chi connectivity index (χ1) is 8.97. The zero-order valence-corrected chi connectivity index (χ0v) is 11.5. The minimum absolute atomic E-state index is 0.226. The molecule has 3 N–H and O–H groups in total. The Morgan fingerprint density at radius 1 is 1.26 bits per heavy atom. The van der Waals surface area contributed by atoms with Crippen LogP contribution in [0.25, 0.3) is 0 Å². The van der Waals surface area contributed by atoms with E-state index >= 15 is 0 Å². The molecule has 0 radical (unpaired) electrons. The summed E-state index contributed by atoms with van der Waals surface area (Å²) in [5, 5.41) is 3.36. The van der Waals surface area contributed by atoms with Gasteiger partial charge in [0.05, 0.1) is 11.9 Å². The zero-order chi connectivity index (χ0) is 14.0. The maximum absolute atomic E-state index is 12.0. The highest BCUT2D eigenvalue weighted by molar-refractivity contribution is 6.31. The van der Waals surface area contributed by atoms with E-state index in [4.69, 9.17) is 17.3 Å². The third-order valence-corrected chi connectivity index (χ3v) is 3.24. The number of aromatic nitrogens is 1. The summed E-state index contributed by atoms with van der Waals surface area (Å²) in [7, 11) is 0. The second-order valence-electron chi connectivity index (χ2n) is 4.34. The van der Waals surface area contributed by atoms with E-state index < -0.39 is 0 Å². The highest BCUT2D eigenvalue weighted by atomic mass is 35.5. The van der Waals surface area contributed by atoms with Crippen LogP contribution in [-0.2, 0) is 0 Å². The summed E-state index contributed by atoms with van der Waals surface area (Å²) in [6.07, 6.45) is 1.53. The van der Waals surface area contributed by atoms with Crippen LogP contribution >= 0.6 is 11.6 Å². The number of carbonyl (C=O) groups excluding carboxylic acids is 1. The minimum atomic E-state index is -0.226. The van der Waals surface area contributed by atoms with Gasteiger partial charge >= 0.3 is 0 Å². The minimum Gasteiger partial charge on any atom is -0.397 e. The molecule has 2 aromatic rings. The number of nitrogens with zero attached hydrogens (tertiary/aromatic N) is 1. The topological polar surface area (TPSA) is 68.0 Å². The number of benzene rings is 1. The quantitative estimate of drug-likeness (QED) is 0.884. The fraction of sp³-hybridized carbons (Fsp3) is 0.143. The van der Waals surface area contributed by atoms with Crippen LogP contribution in [0.3, 0.4) is 0 Å². The Bertz CT molecular complexity index is 641. The molecule has 0 saturated heterocycles. The molecular formula is C14H14ClN3O. The SMILES string of the molecule is Cc1cc(NC(=O)c2ccc(Cl)c(C)c2)ncc1N. The predicted molar refractivity (Wildman–Crippen MR) is 77.5 cm³/mol. The molecular weight excluding hydrogens is 262 g/mol. The lowest BCUT2D eigenvalue weighted by molar-refractivity contribution is 0.102. The maximum Gasteiger partial charge on any atom is 0.256 e. The molecule has 5 heteroatoms. The molecule has 0 spiro atoms. The van der Waals surface area contributed by atoms with E-state index in [0.717, 1.165) is 11.1 Å². The van der Waals surface area contributed by atoms with Crippen molar-refractivity contribution in [3.63, 3.8) is 0 Å². The number of nitrogen functional groups attached to an aromatic ring is 1. The number of anilines is 2. The monoisotopic (exact) mass is 275 g/mol. The van der Waals surface area contributed by atoms with E-state index in [1.54, 1.807) is 24.3 Å². The Morgan fingerprint density at radius 2 is 2.00 bits per heavy atom. The zero-order valence-electron chi connectivity index (χ0n) is 10.7. The van der Waals surface area contributed by atoms with Gasteiger partial charge in [-0.3, -0.25) is 4.79 Å². The largest absolute Gasteiger partial charge is 0.397 e. The first-order valence-electron chi connectivity index (χ1n) is 5.77. The summed E-state index contributed by atoms with van der Waals surface area (Å²) >= 11 is 5.93. The van der Waals surface area contributed by atoms with Crippen molar-refractivity contribution in [1.29, 1.82) is 0 Å². The molecule has 0 aliphatic rings. The number of nitrogens with one attached hydrogen (secondary N) is 1. The van der Waals surface area contributed by atoms with Gasteiger partial charge in [0, 0.05) is 10.6 Å². The van der Waals surface area contributed by atoms with Crippen LogP contribution in [0.4, 0.5) is 11.5 Å². The highest BCUT2D eigenvalue weighted by Crippen LogP contribution is 2.18. The van der Waals surface area contributed by atoms with Gasteiger partial charge in [-0.05, 0) is 49.2 Å². The number of amides is 1. The second kappa shape index (κ2) is 5.28. The molecule has 0 aliphatic carbocycles. The van der Waals surface area contributed by atoms with E-state index in [2.05, 4.69) is 10.3 Å². The maximum atomic E-state index is 12.0. The van der Waals surface area contributed by atoms with Crippen LogP contribution in [0.15, 0.2) is 30.5 Å². The average Bonchev–Trinajstić information content (AvgIpc) is 2.37. The first-order valence-corrected chi connectivity index (χ1v) is 6.15. The molecule has 1 aromatic heterocycles. The molecule has 4 nitrogen and oxygen atoms in total. The highest BCUT2D eigenvalue weighted by Gasteiger charge is 2.08. The third-order valence-electron chi connectivity index (χ3n) is 2.81. The molecule has 0 fully saturated rings. The number of hydrogen-bond acceptors (Lipinski definition) is 3. The van der Waals surface area contributed by atoms with Gasteiger partial charge < -0.3 is 11.1 Å². The van der Waals surface area contributed by atoms with Crippen LogP contribution in [0.2, 0.25) is 5.02 Å². The van der Waals surface area contributed by atoms with Crippen LogP contribution in [0.5, 0.6) is 0 Å². The van der Waals surface area contributed by atoms with E-state index in [-0.39, 0.29) is 5.91 Å². The van der Waals surface area contributed by atoms with Crippen molar-refractivity contribution < 1.29 is 4.79 Å². The summed E-state index contributed by atoms with van der Waals surface area (Å²) in [4.78, 5) is 16.1. The van der Waals surface area contributed by atoms with Gasteiger partial charge in [0.15, 0.2) is 0 Å². The van der Waals surface area contributed by atoms with Crippen LogP contribution in [0, 0.1) is 13.8 Å². The fourth-order valence-electron chi connectivity index (χ4n) is 1.61. The van der Waals surface area contributed by atoms with Gasteiger partial charge in [-0.1, -0.05) is 11.6 Å². The number of nitrogens with two attached hydrogens (primary N) is 1. The van der Waals surface area contributed by atoms with E-state index in [9.17, 15) is 4.79 Å². The van der Waals surface area contributed by atoms with Crippen LogP contribution in [0.1, 0.15) is 21.5 Å². The van der Waals surface area contributed by atoms with E-state index in [1.807, 2.05) is 13.8 Å².